The molecule has 0 N–H and O–H groups in total. The van der Waals surface area contributed by atoms with Gasteiger partial charge in [0, 0.05) is 30.0 Å². The number of carbonyl (C=O) groups excluding carboxylic acids is 1. The summed E-state index contributed by atoms with van der Waals surface area (Å²) in [6, 6.07) is 7.90. The van der Waals surface area contributed by atoms with Crippen molar-refractivity contribution >= 4 is 33.3 Å². The van der Waals surface area contributed by atoms with Gasteiger partial charge in [-0.05, 0) is 23.8 Å². The van der Waals surface area contributed by atoms with Crippen molar-refractivity contribution in [3.8, 4) is 5.75 Å². The fraction of sp³-hybridized carbons (Fsp3) is 0.100. The van der Waals surface area contributed by atoms with Gasteiger partial charge in [-0.3, -0.25) is 19.5 Å². The summed E-state index contributed by atoms with van der Waals surface area (Å²) in [6.07, 6.45) is 4.91. The smallest absolute Gasteiger partial charge is 0.297 e. The lowest BCUT2D eigenvalue weighted by atomic mass is 10.00. The van der Waals surface area contributed by atoms with Crippen LogP contribution in [0, 0.1) is 0 Å². The minimum Gasteiger partial charge on any atom is -0.497 e. The average Bonchev–Trinajstić information content (AvgIpc) is 3.35. The van der Waals surface area contributed by atoms with E-state index in [4.69, 9.17) is 9.15 Å². The highest BCUT2D eigenvalue weighted by molar-refractivity contribution is 7.13. The van der Waals surface area contributed by atoms with Gasteiger partial charge in [-0.2, -0.15) is 0 Å². The zero-order valence-corrected chi connectivity index (χ0v) is 15.5. The number of hydrogen-bond acceptors (Lipinski definition) is 7. The number of carbonyl (C=O) groups is 1. The number of benzene rings is 1. The lowest BCUT2D eigenvalue weighted by molar-refractivity contribution is 0.0971. The van der Waals surface area contributed by atoms with Crippen LogP contribution in [-0.2, 0) is 0 Å². The molecule has 28 heavy (non-hydrogen) atoms. The van der Waals surface area contributed by atoms with E-state index in [1.54, 1.807) is 48.2 Å². The first-order chi connectivity index (χ1) is 13.7. The third-order valence-electron chi connectivity index (χ3n) is 4.70. The zero-order chi connectivity index (χ0) is 19.3. The van der Waals surface area contributed by atoms with Gasteiger partial charge in [0.15, 0.2) is 10.6 Å². The summed E-state index contributed by atoms with van der Waals surface area (Å²) in [5, 5.41) is 2.66. The van der Waals surface area contributed by atoms with Gasteiger partial charge in [0.25, 0.3) is 5.91 Å². The van der Waals surface area contributed by atoms with Crippen molar-refractivity contribution in [3.05, 3.63) is 81.4 Å². The Morgan fingerprint density at radius 2 is 2.11 bits per heavy atom. The molecule has 0 radical (unpaired) electrons. The van der Waals surface area contributed by atoms with Crippen molar-refractivity contribution in [1.82, 2.24) is 9.97 Å². The number of thiazole rings is 1. The highest BCUT2D eigenvalue weighted by atomic mass is 32.1. The summed E-state index contributed by atoms with van der Waals surface area (Å²) in [7, 11) is 1.53. The Hall–Kier alpha value is -3.52. The topological polar surface area (TPSA) is 85.5 Å². The van der Waals surface area contributed by atoms with Crippen LogP contribution in [0.5, 0.6) is 5.75 Å². The Kier molecular flexibility index (Phi) is 3.73. The van der Waals surface area contributed by atoms with Crippen LogP contribution in [0.15, 0.2) is 63.5 Å². The van der Waals surface area contributed by atoms with Crippen molar-refractivity contribution in [2.24, 2.45) is 0 Å². The van der Waals surface area contributed by atoms with E-state index in [1.165, 1.54) is 23.3 Å². The maximum atomic E-state index is 13.3. The number of rotatable bonds is 3. The number of aromatic nitrogens is 2. The minimum atomic E-state index is -0.648. The van der Waals surface area contributed by atoms with Gasteiger partial charge in [0.1, 0.15) is 11.3 Å². The molecule has 7 nitrogen and oxygen atoms in total. The molecule has 3 aromatic heterocycles. The van der Waals surface area contributed by atoms with Gasteiger partial charge in [-0.25, -0.2) is 4.98 Å². The maximum Gasteiger partial charge on any atom is 0.297 e. The lowest BCUT2D eigenvalue weighted by Crippen LogP contribution is -2.29. The summed E-state index contributed by atoms with van der Waals surface area (Å²) in [5.74, 6) is 0.164. The summed E-state index contributed by atoms with van der Waals surface area (Å²) in [4.78, 5) is 36.5. The summed E-state index contributed by atoms with van der Waals surface area (Å²) < 4.78 is 11.1. The predicted molar refractivity (Wildman–Crippen MR) is 104 cm³/mol. The molecule has 0 bridgehead atoms. The minimum absolute atomic E-state index is 0.0230. The molecule has 4 heterocycles. The van der Waals surface area contributed by atoms with Crippen LogP contribution in [0.4, 0.5) is 5.13 Å². The van der Waals surface area contributed by atoms with Crippen LogP contribution in [0.25, 0.3) is 11.0 Å². The molecule has 0 saturated heterocycles. The third kappa shape index (κ3) is 2.35. The normalized spacial score (nSPS) is 15.8. The fourth-order valence-electron chi connectivity index (χ4n) is 3.46. The van der Waals surface area contributed by atoms with E-state index in [2.05, 4.69) is 9.97 Å². The van der Waals surface area contributed by atoms with Crippen LogP contribution in [0.3, 0.4) is 0 Å². The molecule has 1 aromatic carbocycles. The molecule has 0 aliphatic carbocycles. The molecule has 1 atom stereocenters. The molecule has 5 rings (SSSR count). The Labute approximate surface area is 162 Å². The van der Waals surface area contributed by atoms with Crippen LogP contribution in [-0.4, -0.2) is 23.0 Å². The van der Waals surface area contributed by atoms with Crippen molar-refractivity contribution in [3.63, 3.8) is 0 Å². The van der Waals surface area contributed by atoms with E-state index < -0.39 is 11.9 Å². The SMILES string of the molecule is COc1ccc2c(=O)c3c(oc2c1)C(=O)N(c1nccs1)[C@@H]3c1cccnc1. The molecular formula is C20H13N3O4S. The second-order valence-electron chi connectivity index (χ2n) is 6.21. The molecular weight excluding hydrogens is 378 g/mol. The van der Waals surface area contributed by atoms with Gasteiger partial charge in [-0.15, -0.1) is 11.3 Å². The second kappa shape index (κ2) is 6.28. The van der Waals surface area contributed by atoms with Crippen molar-refractivity contribution in [2.45, 2.75) is 6.04 Å². The van der Waals surface area contributed by atoms with Crippen LogP contribution < -0.4 is 15.1 Å². The molecule has 0 fully saturated rings. The Morgan fingerprint density at radius 3 is 2.82 bits per heavy atom. The van der Waals surface area contributed by atoms with Crippen molar-refractivity contribution < 1.29 is 13.9 Å². The quantitative estimate of drug-likeness (QED) is 0.532. The van der Waals surface area contributed by atoms with Gasteiger partial charge in [0.05, 0.1) is 24.1 Å². The zero-order valence-electron chi connectivity index (χ0n) is 14.7. The van der Waals surface area contributed by atoms with Crippen molar-refractivity contribution in [1.29, 1.82) is 0 Å². The van der Waals surface area contributed by atoms with Gasteiger partial charge in [-0.1, -0.05) is 6.07 Å². The number of fused-ring (bicyclic) bond motifs is 2. The van der Waals surface area contributed by atoms with E-state index >= 15 is 0 Å². The standard InChI is InChI=1S/C20H13N3O4S/c1-26-12-4-5-13-14(9-12)27-18-15(17(13)24)16(11-3-2-6-21-10-11)23(19(18)25)20-22-7-8-28-20/h2-10,16H,1H3/t16-/m1/s1. The van der Waals surface area contributed by atoms with E-state index in [0.717, 1.165) is 0 Å². The average molecular weight is 391 g/mol. The number of anilines is 1. The Balaban J connectivity index is 1.82. The van der Waals surface area contributed by atoms with Gasteiger partial charge >= 0.3 is 0 Å². The number of nitrogens with zero attached hydrogens (tertiary/aromatic N) is 3. The molecule has 8 heteroatoms. The monoisotopic (exact) mass is 391 g/mol. The number of amides is 1. The molecule has 0 saturated carbocycles. The molecule has 0 unspecified atom stereocenters. The lowest BCUT2D eigenvalue weighted by Gasteiger charge is -2.22. The first-order valence-electron chi connectivity index (χ1n) is 8.47. The number of methoxy groups -OCH3 is 1. The maximum absolute atomic E-state index is 13.3. The molecule has 1 amide bonds. The summed E-state index contributed by atoms with van der Waals surface area (Å²) in [6.45, 7) is 0. The molecule has 138 valence electrons. The van der Waals surface area contributed by atoms with Gasteiger partial charge in [0.2, 0.25) is 5.76 Å². The van der Waals surface area contributed by atoms with E-state index in [0.29, 0.717) is 33.0 Å². The number of ether oxygens (including phenoxy) is 1. The van der Waals surface area contributed by atoms with Crippen molar-refractivity contribution in [2.75, 3.05) is 12.0 Å². The van der Waals surface area contributed by atoms with Crippen LogP contribution in [0.1, 0.15) is 27.7 Å². The predicted octanol–water partition coefficient (Wildman–Crippen LogP) is 3.40. The second-order valence-corrected chi connectivity index (χ2v) is 7.09. The Morgan fingerprint density at radius 1 is 1.21 bits per heavy atom. The molecule has 0 spiro atoms. The molecule has 1 aliphatic rings. The van der Waals surface area contributed by atoms with Crippen LogP contribution in [0.2, 0.25) is 0 Å². The number of pyridine rings is 1. The summed E-state index contributed by atoms with van der Waals surface area (Å²) >= 11 is 1.32. The highest BCUT2D eigenvalue weighted by Crippen LogP contribution is 2.41. The highest BCUT2D eigenvalue weighted by Gasteiger charge is 2.44. The van der Waals surface area contributed by atoms with E-state index in [1.807, 2.05) is 6.07 Å². The molecule has 4 aromatic rings. The first-order valence-corrected chi connectivity index (χ1v) is 9.34. The summed E-state index contributed by atoms with van der Waals surface area (Å²) in [5.41, 5.74) is 1.07. The Bertz CT molecular complexity index is 1250. The van der Waals surface area contributed by atoms with Crippen LogP contribution >= 0.6 is 11.3 Å². The largest absolute Gasteiger partial charge is 0.497 e. The van der Waals surface area contributed by atoms with Gasteiger partial charge < -0.3 is 9.15 Å². The molecule has 1 aliphatic heterocycles. The fourth-order valence-corrected chi connectivity index (χ4v) is 4.13. The first kappa shape index (κ1) is 16.6. The third-order valence-corrected chi connectivity index (χ3v) is 5.48. The number of hydrogen-bond donors (Lipinski definition) is 0. The van der Waals surface area contributed by atoms with E-state index in [9.17, 15) is 9.59 Å². The van der Waals surface area contributed by atoms with E-state index in [-0.39, 0.29) is 11.2 Å².